The van der Waals surface area contributed by atoms with Crippen LogP contribution >= 0.6 is 0 Å². The quantitative estimate of drug-likeness (QED) is 0.636. The fourth-order valence-corrected chi connectivity index (χ4v) is 5.96. The molecule has 7 nitrogen and oxygen atoms in total. The maximum absolute atomic E-state index is 12.8. The number of rotatable bonds is 8. The summed E-state index contributed by atoms with van der Waals surface area (Å²) in [6.07, 6.45) is 6.64. The molecule has 5 rings (SSSR count). The Morgan fingerprint density at radius 1 is 1.03 bits per heavy atom. The van der Waals surface area contributed by atoms with Gasteiger partial charge in [-0.25, -0.2) is 0 Å². The highest BCUT2D eigenvalue weighted by Gasteiger charge is 2.54. The second-order valence-electron chi connectivity index (χ2n) is 9.17. The van der Waals surface area contributed by atoms with Gasteiger partial charge >= 0.3 is 5.97 Å². The van der Waals surface area contributed by atoms with E-state index in [1.54, 1.807) is 7.11 Å². The molecule has 30 heavy (non-hydrogen) atoms. The summed E-state index contributed by atoms with van der Waals surface area (Å²) in [6, 6.07) is 7.36. The van der Waals surface area contributed by atoms with Gasteiger partial charge in [0.2, 0.25) is 5.91 Å². The van der Waals surface area contributed by atoms with Crippen LogP contribution in [0, 0.1) is 23.2 Å². The van der Waals surface area contributed by atoms with Gasteiger partial charge in [0.25, 0.3) is 5.91 Å². The molecule has 2 amide bonds. The summed E-state index contributed by atoms with van der Waals surface area (Å²) in [5.41, 5.74) is 0.597. The third-order valence-corrected chi connectivity index (χ3v) is 6.90. The molecule has 4 saturated carbocycles. The molecule has 0 aliphatic heterocycles. The van der Waals surface area contributed by atoms with Crippen molar-refractivity contribution in [2.45, 2.75) is 45.1 Å². The first-order valence-electron chi connectivity index (χ1n) is 10.8. The summed E-state index contributed by atoms with van der Waals surface area (Å²) < 4.78 is 10.2. The van der Waals surface area contributed by atoms with Crippen molar-refractivity contribution in [2.24, 2.45) is 23.2 Å². The van der Waals surface area contributed by atoms with Crippen LogP contribution in [0.5, 0.6) is 5.75 Å². The van der Waals surface area contributed by atoms with Crippen molar-refractivity contribution in [1.82, 2.24) is 10.6 Å². The lowest BCUT2D eigenvalue weighted by atomic mass is 9.49. The molecule has 0 radical (unpaired) electrons. The van der Waals surface area contributed by atoms with Gasteiger partial charge in [-0.15, -0.1) is 0 Å². The molecule has 0 heterocycles. The monoisotopic (exact) mass is 414 g/mol. The average molecular weight is 415 g/mol. The van der Waals surface area contributed by atoms with Crippen LogP contribution in [-0.2, 0) is 25.7 Å². The average Bonchev–Trinajstić information content (AvgIpc) is 2.73. The van der Waals surface area contributed by atoms with Crippen LogP contribution in [0.25, 0.3) is 0 Å². The Kier molecular flexibility index (Phi) is 5.97. The predicted octanol–water partition coefficient (Wildman–Crippen LogP) is 2.19. The lowest BCUT2D eigenvalue weighted by molar-refractivity contribution is -0.152. The maximum Gasteiger partial charge on any atom is 0.325 e. The number of esters is 1. The SMILES string of the molecule is COc1cccc(CNC(=O)COC(=O)CNC(=O)C23CC4CC(CC(C4)C2)C3)c1. The summed E-state index contributed by atoms with van der Waals surface area (Å²) in [6.45, 7) is -0.240. The number of amides is 2. The van der Waals surface area contributed by atoms with Gasteiger partial charge in [0.05, 0.1) is 7.11 Å². The van der Waals surface area contributed by atoms with Crippen molar-refractivity contribution >= 4 is 17.8 Å². The fourth-order valence-electron chi connectivity index (χ4n) is 5.96. The third kappa shape index (κ3) is 4.60. The Labute approximate surface area is 176 Å². The number of ether oxygens (including phenoxy) is 2. The number of hydrogen-bond donors (Lipinski definition) is 2. The Hall–Kier alpha value is -2.57. The van der Waals surface area contributed by atoms with Crippen LogP contribution in [-0.4, -0.2) is 38.0 Å². The number of benzene rings is 1. The van der Waals surface area contributed by atoms with Crippen molar-refractivity contribution in [3.05, 3.63) is 29.8 Å². The molecule has 2 N–H and O–H groups in total. The molecule has 0 spiro atoms. The Balaban J connectivity index is 1.17. The highest BCUT2D eigenvalue weighted by molar-refractivity contribution is 5.87. The minimum absolute atomic E-state index is 0.0129. The summed E-state index contributed by atoms with van der Waals surface area (Å²) >= 11 is 0. The van der Waals surface area contributed by atoms with Crippen LogP contribution in [0.2, 0.25) is 0 Å². The van der Waals surface area contributed by atoms with Crippen molar-refractivity contribution in [3.8, 4) is 5.75 Å². The number of carbonyl (C=O) groups is 3. The lowest BCUT2D eigenvalue weighted by Crippen LogP contribution is -2.54. The lowest BCUT2D eigenvalue weighted by Gasteiger charge is -2.55. The van der Waals surface area contributed by atoms with Crippen LogP contribution in [0.3, 0.4) is 0 Å². The number of methoxy groups -OCH3 is 1. The van der Waals surface area contributed by atoms with E-state index >= 15 is 0 Å². The zero-order chi connectivity index (χ0) is 21.1. The molecule has 4 bridgehead atoms. The molecule has 0 saturated heterocycles. The van der Waals surface area contributed by atoms with E-state index in [0.717, 1.165) is 24.8 Å². The third-order valence-electron chi connectivity index (χ3n) is 6.90. The zero-order valence-corrected chi connectivity index (χ0v) is 17.4. The number of nitrogens with one attached hydrogen (secondary N) is 2. The van der Waals surface area contributed by atoms with Crippen molar-refractivity contribution < 1.29 is 23.9 Å². The van der Waals surface area contributed by atoms with E-state index in [0.29, 0.717) is 30.0 Å². The minimum atomic E-state index is -0.593. The normalized spacial score (nSPS) is 28.6. The molecule has 1 aromatic rings. The maximum atomic E-state index is 12.8. The fraction of sp³-hybridized carbons (Fsp3) is 0.609. The largest absolute Gasteiger partial charge is 0.497 e. The standard InChI is InChI=1S/C23H30N2O5/c1-29-19-4-2-3-15(8-19)12-24-20(26)14-30-21(27)13-25-22(28)23-9-16-5-17(10-23)7-18(6-16)11-23/h2-4,8,16-18H,5-7,9-14H2,1H3,(H,24,26)(H,25,28). The smallest absolute Gasteiger partial charge is 0.325 e. The van der Waals surface area contributed by atoms with E-state index in [2.05, 4.69) is 10.6 Å². The van der Waals surface area contributed by atoms with Crippen LogP contribution in [0.4, 0.5) is 0 Å². The molecule has 0 unspecified atom stereocenters. The van der Waals surface area contributed by atoms with E-state index in [1.807, 2.05) is 24.3 Å². The first kappa shape index (κ1) is 20.7. The van der Waals surface area contributed by atoms with Gasteiger partial charge in [-0.05, 0) is 74.0 Å². The molecule has 1 aromatic carbocycles. The van der Waals surface area contributed by atoms with E-state index < -0.39 is 11.9 Å². The second-order valence-corrected chi connectivity index (χ2v) is 9.17. The van der Waals surface area contributed by atoms with Crippen LogP contribution in [0.1, 0.15) is 44.1 Å². The van der Waals surface area contributed by atoms with Crippen LogP contribution < -0.4 is 15.4 Å². The Bertz CT molecular complexity index is 786. The predicted molar refractivity (Wildman–Crippen MR) is 109 cm³/mol. The molecular formula is C23H30N2O5. The van der Waals surface area contributed by atoms with Gasteiger partial charge in [0.1, 0.15) is 12.3 Å². The van der Waals surface area contributed by atoms with Gasteiger partial charge in [0, 0.05) is 12.0 Å². The van der Waals surface area contributed by atoms with Crippen molar-refractivity contribution in [2.75, 3.05) is 20.3 Å². The van der Waals surface area contributed by atoms with Gasteiger partial charge < -0.3 is 20.1 Å². The highest BCUT2D eigenvalue weighted by atomic mass is 16.5. The summed E-state index contributed by atoms with van der Waals surface area (Å²) in [4.78, 5) is 36.8. The summed E-state index contributed by atoms with van der Waals surface area (Å²) in [5, 5.41) is 5.48. The highest BCUT2D eigenvalue weighted by Crippen LogP contribution is 2.60. The summed E-state index contributed by atoms with van der Waals surface area (Å²) in [7, 11) is 1.58. The minimum Gasteiger partial charge on any atom is -0.497 e. The van der Waals surface area contributed by atoms with Gasteiger partial charge in [0.15, 0.2) is 6.61 Å². The topological polar surface area (TPSA) is 93.7 Å². The molecule has 0 aromatic heterocycles. The van der Waals surface area contributed by atoms with Gasteiger partial charge in [-0.1, -0.05) is 12.1 Å². The Morgan fingerprint density at radius 3 is 2.33 bits per heavy atom. The molecule has 4 fully saturated rings. The molecule has 0 atom stereocenters. The van der Waals surface area contributed by atoms with E-state index in [4.69, 9.17) is 9.47 Å². The molecule has 4 aliphatic carbocycles. The van der Waals surface area contributed by atoms with E-state index in [9.17, 15) is 14.4 Å². The number of hydrogen-bond acceptors (Lipinski definition) is 5. The molecule has 162 valence electrons. The first-order chi connectivity index (χ1) is 14.5. The van der Waals surface area contributed by atoms with Gasteiger partial charge in [-0.3, -0.25) is 14.4 Å². The zero-order valence-electron chi connectivity index (χ0n) is 17.4. The number of carbonyl (C=O) groups excluding carboxylic acids is 3. The van der Waals surface area contributed by atoms with Crippen molar-refractivity contribution in [1.29, 1.82) is 0 Å². The van der Waals surface area contributed by atoms with E-state index in [-0.39, 0.29) is 24.5 Å². The molecular weight excluding hydrogens is 384 g/mol. The molecule has 4 aliphatic rings. The van der Waals surface area contributed by atoms with Gasteiger partial charge in [-0.2, -0.15) is 0 Å². The van der Waals surface area contributed by atoms with E-state index in [1.165, 1.54) is 19.3 Å². The Morgan fingerprint density at radius 2 is 1.70 bits per heavy atom. The van der Waals surface area contributed by atoms with Crippen LogP contribution in [0.15, 0.2) is 24.3 Å². The molecule has 7 heteroatoms. The summed E-state index contributed by atoms with van der Waals surface area (Å²) in [5.74, 6) is 1.72. The first-order valence-corrected chi connectivity index (χ1v) is 10.8. The van der Waals surface area contributed by atoms with Crippen molar-refractivity contribution in [3.63, 3.8) is 0 Å². The second kappa shape index (κ2) is 8.66.